The molecule has 0 spiro atoms. The van der Waals surface area contributed by atoms with Gasteiger partial charge in [-0.15, -0.1) is 0 Å². The van der Waals surface area contributed by atoms with Crippen LogP contribution in [0.25, 0.3) is 0 Å². The summed E-state index contributed by atoms with van der Waals surface area (Å²) in [5.74, 6) is 0. The van der Waals surface area contributed by atoms with Crippen molar-refractivity contribution in [1.82, 2.24) is 0 Å². The molecule has 3 rings (SSSR count). The lowest BCUT2D eigenvalue weighted by Gasteiger charge is -2.08. The van der Waals surface area contributed by atoms with Gasteiger partial charge in [0.1, 0.15) is 0 Å². The van der Waals surface area contributed by atoms with Crippen LogP contribution >= 0.6 is 11.8 Å². The first-order valence-corrected chi connectivity index (χ1v) is 8.49. The van der Waals surface area contributed by atoms with Crippen LogP contribution in [-0.2, 0) is 12.8 Å². The van der Waals surface area contributed by atoms with Gasteiger partial charge in [-0.2, -0.15) is 0 Å². The van der Waals surface area contributed by atoms with E-state index in [4.69, 9.17) is 0 Å². The highest BCUT2D eigenvalue weighted by Crippen LogP contribution is 2.29. The van der Waals surface area contributed by atoms with Gasteiger partial charge in [0.05, 0.1) is 0 Å². The number of rotatable bonds is 5. The van der Waals surface area contributed by atoms with Gasteiger partial charge in [0.15, 0.2) is 0 Å². The van der Waals surface area contributed by atoms with E-state index in [-0.39, 0.29) is 0 Å². The average Bonchev–Trinajstić information content (AvgIpc) is 2.54. The lowest BCUT2D eigenvalue weighted by molar-refractivity contribution is 0.952. The summed E-state index contributed by atoms with van der Waals surface area (Å²) in [6.45, 7) is 2.18. The van der Waals surface area contributed by atoms with Gasteiger partial charge < -0.3 is 0 Å². The van der Waals surface area contributed by atoms with E-state index >= 15 is 0 Å². The van der Waals surface area contributed by atoms with Crippen molar-refractivity contribution in [2.24, 2.45) is 0 Å². The molecule has 0 aliphatic rings. The number of aryl methyl sites for hydroxylation is 3. The molecular formula is C21H20S. The minimum Gasteiger partial charge on any atom is -0.0901 e. The van der Waals surface area contributed by atoms with E-state index in [2.05, 4.69) is 85.8 Å². The summed E-state index contributed by atoms with van der Waals surface area (Å²) in [6, 6.07) is 28.2. The van der Waals surface area contributed by atoms with Gasteiger partial charge in [-0.1, -0.05) is 66.4 Å². The average molecular weight is 304 g/mol. The minimum absolute atomic E-state index is 1.09. The summed E-state index contributed by atoms with van der Waals surface area (Å²) in [5, 5.41) is 0. The SMILES string of the molecule is Cc1cc(CCc2ccccc2)cc(Sc2ccccc2)c1. The Hall–Kier alpha value is -1.99. The fraction of sp³-hybridized carbons (Fsp3) is 0.143. The lowest BCUT2D eigenvalue weighted by Crippen LogP contribution is -1.92. The summed E-state index contributed by atoms with van der Waals surface area (Å²) in [6.07, 6.45) is 2.19. The zero-order valence-electron chi connectivity index (χ0n) is 12.8. The summed E-state index contributed by atoms with van der Waals surface area (Å²) in [5.41, 5.74) is 4.16. The van der Waals surface area contributed by atoms with E-state index in [0.717, 1.165) is 12.8 Å². The topological polar surface area (TPSA) is 0 Å². The molecule has 0 aliphatic heterocycles. The Morgan fingerprint density at radius 1 is 0.636 bits per heavy atom. The number of hydrogen-bond donors (Lipinski definition) is 0. The molecule has 3 aromatic rings. The molecule has 110 valence electrons. The molecule has 0 nitrogen and oxygen atoms in total. The molecule has 0 radical (unpaired) electrons. The van der Waals surface area contributed by atoms with Gasteiger partial charge in [-0.05, 0) is 60.7 Å². The molecule has 22 heavy (non-hydrogen) atoms. The molecule has 0 N–H and O–H groups in total. The second-order valence-electron chi connectivity index (χ2n) is 5.56. The van der Waals surface area contributed by atoms with Crippen LogP contribution in [-0.4, -0.2) is 0 Å². The molecule has 0 amide bonds. The van der Waals surface area contributed by atoms with Crippen molar-refractivity contribution in [2.75, 3.05) is 0 Å². The smallest absolute Gasteiger partial charge is 0.0127 e. The van der Waals surface area contributed by atoms with Crippen LogP contribution in [0.4, 0.5) is 0 Å². The molecule has 0 aromatic heterocycles. The summed E-state index contributed by atoms with van der Waals surface area (Å²) >= 11 is 1.84. The molecule has 3 aromatic carbocycles. The van der Waals surface area contributed by atoms with E-state index in [0.29, 0.717) is 0 Å². The highest BCUT2D eigenvalue weighted by atomic mass is 32.2. The van der Waals surface area contributed by atoms with Crippen molar-refractivity contribution in [2.45, 2.75) is 29.6 Å². The Labute approximate surface area is 137 Å². The maximum atomic E-state index is 2.33. The van der Waals surface area contributed by atoms with Gasteiger partial charge in [0.25, 0.3) is 0 Å². The van der Waals surface area contributed by atoms with Crippen LogP contribution in [0, 0.1) is 6.92 Å². The quantitative estimate of drug-likeness (QED) is 0.563. The van der Waals surface area contributed by atoms with Crippen molar-refractivity contribution < 1.29 is 0 Å². The fourth-order valence-electron chi connectivity index (χ4n) is 2.59. The lowest BCUT2D eigenvalue weighted by atomic mass is 10.0. The Bertz CT molecular complexity index is 717. The summed E-state index contributed by atoms with van der Waals surface area (Å²) < 4.78 is 0. The van der Waals surface area contributed by atoms with Crippen LogP contribution in [0.3, 0.4) is 0 Å². The van der Waals surface area contributed by atoms with Crippen LogP contribution in [0.1, 0.15) is 16.7 Å². The summed E-state index contributed by atoms with van der Waals surface area (Å²) in [7, 11) is 0. The standard InChI is InChI=1S/C21H20S/c1-17-14-19(13-12-18-8-4-2-5-9-18)16-21(15-17)22-20-10-6-3-7-11-20/h2-11,14-16H,12-13H2,1H3. The number of benzene rings is 3. The monoisotopic (exact) mass is 304 g/mol. The Balaban J connectivity index is 1.72. The normalized spacial score (nSPS) is 10.6. The predicted molar refractivity (Wildman–Crippen MR) is 95.6 cm³/mol. The minimum atomic E-state index is 1.09. The molecule has 0 atom stereocenters. The molecule has 0 saturated heterocycles. The third-order valence-electron chi connectivity index (χ3n) is 3.63. The van der Waals surface area contributed by atoms with E-state index in [1.54, 1.807) is 0 Å². The Morgan fingerprint density at radius 2 is 1.27 bits per heavy atom. The molecular weight excluding hydrogens is 284 g/mol. The largest absolute Gasteiger partial charge is 0.0901 e. The van der Waals surface area contributed by atoms with Crippen LogP contribution in [0.5, 0.6) is 0 Å². The van der Waals surface area contributed by atoms with Gasteiger partial charge in [-0.25, -0.2) is 0 Å². The maximum Gasteiger partial charge on any atom is 0.0127 e. The van der Waals surface area contributed by atoms with Crippen molar-refractivity contribution >= 4 is 11.8 Å². The van der Waals surface area contributed by atoms with Crippen LogP contribution in [0.15, 0.2) is 88.7 Å². The Morgan fingerprint density at radius 3 is 2.00 bits per heavy atom. The second kappa shape index (κ2) is 7.33. The van der Waals surface area contributed by atoms with Gasteiger partial charge in [0, 0.05) is 9.79 Å². The number of hydrogen-bond acceptors (Lipinski definition) is 1. The highest BCUT2D eigenvalue weighted by molar-refractivity contribution is 7.99. The first kappa shape index (κ1) is 14.9. The molecule has 0 unspecified atom stereocenters. The molecule has 0 heterocycles. The van der Waals surface area contributed by atoms with Crippen molar-refractivity contribution in [3.8, 4) is 0 Å². The third-order valence-corrected chi connectivity index (χ3v) is 4.61. The van der Waals surface area contributed by atoms with Gasteiger partial charge in [0.2, 0.25) is 0 Å². The van der Waals surface area contributed by atoms with Gasteiger partial charge in [-0.3, -0.25) is 0 Å². The summed E-state index contributed by atoms with van der Waals surface area (Å²) in [4.78, 5) is 2.62. The molecule has 0 fully saturated rings. The molecule has 0 saturated carbocycles. The van der Waals surface area contributed by atoms with E-state index in [9.17, 15) is 0 Å². The molecule has 0 bridgehead atoms. The third kappa shape index (κ3) is 4.25. The first-order chi connectivity index (χ1) is 10.8. The van der Waals surface area contributed by atoms with E-state index in [1.165, 1.54) is 26.5 Å². The highest BCUT2D eigenvalue weighted by Gasteiger charge is 2.02. The first-order valence-electron chi connectivity index (χ1n) is 7.67. The zero-order valence-corrected chi connectivity index (χ0v) is 13.6. The second-order valence-corrected chi connectivity index (χ2v) is 6.70. The zero-order chi connectivity index (χ0) is 15.2. The van der Waals surface area contributed by atoms with E-state index < -0.39 is 0 Å². The van der Waals surface area contributed by atoms with Crippen LogP contribution in [0.2, 0.25) is 0 Å². The van der Waals surface area contributed by atoms with Crippen molar-refractivity contribution in [3.63, 3.8) is 0 Å². The fourth-order valence-corrected chi connectivity index (χ4v) is 3.61. The molecule has 1 heteroatoms. The van der Waals surface area contributed by atoms with Crippen molar-refractivity contribution in [1.29, 1.82) is 0 Å². The predicted octanol–water partition coefficient (Wildman–Crippen LogP) is 5.93. The van der Waals surface area contributed by atoms with Gasteiger partial charge >= 0.3 is 0 Å². The van der Waals surface area contributed by atoms with Crippen LogP contribution < -0.4 is 0 Å². The Kier molecular flexibility index (Phi) is 4.97. The van der Waals surface area contributed by atoms with Crippen molar-refractivity contribution in [3.05, 3.63) is 95.6 Å². The molecule has 0 aliphatic carbocycles. The maximum absolute atomic E-state index is 2.33. The van der Waals surface area contributed by atoms with E-state index in [1.807, 2.05) is 11.8 Å².